The lowest BCUT2D eigenvalue weighted by Crippen LogP contribution is -2.48. The van der Waals surface area contributed by atoms with E-state index in [1.165, 1.54) is 0 Å². The smallest absolute Gasteiger partial charge is 0.227 e. The van der Waals surface area contributed by atoms with Gasteiger partial charge < -0.3 is 19.3 Å². The fourth-order valence-corrected chi connectivity index (χ4v) is 1.63. The molecule has 1 N–H and O–H groups in total. The highest BCUT2D eigenvalue weighted by Crippen LogP contribution is 2.16. The average molecular weight is 241 g/mol. The largest absolute Gasteiger partial charge is 0.349 e. The van der Waals surface area contributed by atoms with E-state index < -0.39 is 5.79 Å². The molecule has 6 nitrogen and oxygen atoms in total. The van der Waals surface area contributed by atoms with Gasteiger partial charge in [-0.1, -0.05) is 5.16 Å². The second kappa shape index (κ2) is 5.12. The van der Waals surface area contributed by atoms with Crippen LogP contribution in [0.5, 0.6) is 0 Å². The number of aryl methyl sites for hydroxylation is 1. The molecule has 1 fully saturated rings. The highest BCUT2D eigenvalue weighted by Gasteiger charge is 2.27. The van der Waals surface area contributed by atoms with Crippen LogP contribution < -0.4 is 5.32 Å². The molecular weight excluding hydrogens is 222 g/mol. The Bertz CT molecular complexity index is 355. The first-order valence-electron chi connectivity index (χ1n) is 5.86. The van der Waals surface area contributed by atoms with Crippen molar-refractivity contribution in [1.82, 2.24) is 15.5 Å². The minimum Gasteiger partial charge on any atom is -0.349 e. The second-order valence-electron chi connectivity index (χ2n) is 4.66. The van der Waals surface area contributed by atoms with Gasteiger partial charge in [0.1, 0.15) is 0 Å². The van der Waals surface area contributed by atoms with Crippen molar-refractivity contribution in [1.29, 1.82) is 0 Å². The van der Waals surface area contributed by atoms with Gasteiger partial charge in [0.25, 0.3) is 0 Å². The van der Waals surface area contributed by atoms with Crippen LogP contribution in [0.3, 0.4) is 0 Å². The van der Waals surface area contributed by atoms with Gasteiger partial charge in [0.05, 0.1) is 19.3 Å². The third-order valence-corrected chi connectivity index (χ3v) is 2.61. The number of ether oxygens (including phenoxy) is 2. The molecule has 1 aliphatic rings. The minimum absolute atomic E-state index is 0.229. The summed E-state index contributed by atoms with van der Waals surface area (Å²) in [6, 6.07) is 0.229. The third-order valence-electron chi connectivity index (χ3n) is 2.61. The van der Waals surface area contributed by atoms with Crippen molar-refractivity contribution < 1.29 is 14.0 Å². The quantitative estimate of drug-likeness (QED) is 0.835. The molecule has 2 rings (SSSR count). The highest BCUT2D eigenvalue weighted by molar-refractivity contribution is 4.84. The fraction of sp³-hybridized carbons (Fsp3) is 0.818. The molecule has 0 aromatic carbocycles. The molecule has 17 heavy (non-hydrogen) atoms. The third kappa shape index (κ3) is 3.76. The van der Waals surface area contributed by atoms with Gasteiger partial charge in [0, 0.05) is 13.0 Å². The summed E-state index contributed by atoms with van der Waals surface area (Å²) in [6.45, 7) is 7.76. The van der Waals surface area contributed by atoms with E-state index in [1.807, 2.05) is 20.8 Å². The first kappa shape index (κ1) is 12.5. The molecule has 0 saturated carbocycles. The van der Waals surface area contributed by atoms with Crippen LogP contribution in [0.2, 0.25) is 0 Å². The standard InChI is InChI=1S/C11H19N3O3/c1-8-13-10(17-14-8)4-5-12-9-6-15-11(2,3)16-7-9/h9,12H,4-7H2,1-3H3. The van der Waals surface area contributed by atoms with Crippen LogP contribution in [0.25, 0.3) is 0 Å². The lowest BCUT2D eigenvalue weighted by Gasteiger charge is -2.35. The van der Waals surface area contributed by atoms with Gasteiger partial charge in [-0.15, -0.1) is 0 Å². The summed E-state index contributed by atoms with van der Waals surface area (Å²) in [7, 11) is 0. The minimum atomic E-state index is -0.457. The average Bonchev–Trinajstić information content (AvgIpc) is 2.67. The van der Waals surface area contributed by atoms with Crippen LogP contribution in [-0.2, 0) is 15.9 Å². The molecule has 1 aliphatic heterocycles. The maximum atomic E-state index is 5.55. The molecule has 0 aliphatic carbocycles. The predicted molar refractivity (Wildman–Crippen MR) is 60.5 cm³/mol. The zero-order chi connectivity index (χ0) is 12.3. The second-order valence-corrected chi connectivity index (χ2v) is 4.66. The predicted octanol–water partition coefficient (Wildman–Crippen LogP) is 0.662. The van der Waals surface area contributed by atoms with Crippen LogP contribution >= 0.6 is 0 Å². The molecule has 2 heterocycles. The normalized spacial score (nSPS) is 20.6. The van der Waals surface area contributed by atoms with Crippen LogP contribution in [-0.4, -0.2) is 41.7 Å². The summed E-state index contributed by atoms with van der Waals surface area (Å²) in [5, 5.41) is 7.08. The first-order valence-corrected chi connectivity index (χ1v) is 5.86. The number of hydrogen-bond acceptors (Lipinski definition) is 6. The molecule has 1 aromatic rings. The number of nitrogens with zero attached hydrogens (tertiary/aromatic N) is 2. The molecule has 6 heteroatoms. The van der Waals surface area contributed by atoms with Crippen molar-refractivity contribution in [2.24, 2.45) is 0 Å². The Kier molecular flexibility index (Phi) is 3.76. The summed E-state index contributed by atoms with van der Waals surface area (Å²) in [4.78, 5) is 4.14. The van der Waals surface area contributed by atoms with Crippen molar-refractivity contribution in [3.63, 3.8) is 0 Å². The van der Waals surface area contributed by atoms with Crippen molar-refractivity contribution in [2.45, 2.75) is 39.0 Å². The molecule has 0 unspecified atom stereocenters. The first-order chi connectivity index (χ1) is 8.05. The van der Waals surface area contributed by atoms with Crippen LogP contribution in [0, 0.1) is 6.92 Å². The monoisotopic (exact) mass is 241 g/mol. The number of aromatic nitrogens is 2. The van der Waals surface area contributed by atoms with Crippen molar-refractivity contribution >= 4 is 0 Å². The van der Waals surface area contributed by atoms with E-state index in [2.05, 4.69) is 15.5 Å². The van der Waals surface area contributed by atoms with Gasteiger partial charge in [0.15, 0.2) is 11.6 Å². The summed E-state index contributed by atoms with van der Waals surface area (Å²) in [6.07, 6.45) is 0.723. The van der Waals surface area contributed by atoms with Gasteiger partial charge >= 0.3 is 0 Å². The molecule has 0 bridgehead atoms. The number of hydrogen-bond donors (Lipinski definition) is 1. The zero-order valence-corrected chi connectivity index (χ0v) is 10.5. The lowest BCUT2D eigenvalue weighted by molar-refractivity contribution is -0.252. The van der Waals surface area contributed by atoms with Crippen molar-refractivity contribution in [3.05, 3.63) is 11.7 Å². The van der Waals surface area contributed by atoms with Gasteiger partial charge in [0.2, 0.25) is 5.89 Å². The maximum absolute atomic E-state index is 5.55. The van der Waals surface area contributed by atoms with E-state index in [1.54, 1.807) is 0 Å². The van der Waals surface area contributed by atoms with E-state index in [4.69, 9.17) is 14.0 Å². The van der Waals surface area contributed by atoms with E-state index in [-0.39, 0.29) is 6.04 Å². The van der Waals surface area contributed by atoms with E-state index in [0.29, 0.717) is 24.9 Å². The Balaban J connectivity index is 1.66. The summed E-state index contributed by atoms with van der Waals surface area (Å²) in [5.41, 5.74) is 0. The highest BCUT2D eigenvalue weighted by atomic mass is 16.7. The summed E-state index contributed by atoms with van der Waals surface area (Å²) >= 11 is 0. The fourth-order valence-electron chi connectivity index (χ4n) is 1.63. The maximum Gasteiger partial charge on any atom is 0.227 e. The van der Waals surface area contributed by atoms with Gasteiger partial charge in [-0.3, -0.25) is 0 Å². The molecule has 0 spiro atoms. The SMILES string of the molecule is Cc1noc(CCNC2COC(C)(C)OC2)n1. The Morgan fingerprint density at radius 2 is 2.06 bits per heavy atom. The van der Waals surface area contributed by atoms with Crippen LogP contribution in [0.15, 0.2) is 4.52 Å². The molecule has 0 atom stereocenters. The topological polar surface area (TPSA) is 69.4 Å². The molecule has 96 valence electrons. The Labute approximate surface area is 101 Å². The van der Waals surface area contributed by atoms with Crippen molar-refractivity contribution in [3.8, 4) is 0 Å². The van der Waals surface area contributed by atoms with Gasteiger partial charge in [-0.25, -0.2) is 0 Å². The molecule has 1 aromatic heterocycles. The van der Waals surface area contributed by atoms with Crippen molar-refractivity contribution in [2.75, 3.05) is 19.8 Å². The van der Waals surface area contributed by atoms with Crippen LogP contribution in [0.4, 0.5) is 0 Å². The van der Waals surface area contributed by atoms with E-state index >= 15 is 0 Å². The molecule has 1 saturated heterocycles. The zero-order valence-electron chi connectivity index (χ0n) is 10.5. The Morgan fingerprint density at radius 3 is 2.65 bits per heavy atom. The van der Waals surface area contributed by atoms with Gasteiger partial charge in [-0.2, -0.15) is 4.98 Å². The number of nitrogens with one attached hydrogen (secondary N) is 1. The summed E-state index contributed by atoms with van der Waals surface area (Å²) < 4.78 is 16.1. The van der Waals surface area contributed by atoms with E-state index in [9.17, 15) is 0 Å². The lowest BCUT2D eigenvalue weighted by atomic mass is 10.2. The Hall–Kier alpha value is -0.980. The van der Waals surface area contributed by atoms with E-state index in [0.717, 1.165) is 13.0 Å². The molecule has 0 amide bonds. The number of rotatable bonds is 4. The molecular formula is C11H19N3O3. The molecule has 0 radical (unpaired) electrons. The Morgan fingerprint density at radius 1 is 1.35 bits per heavy atom. The van der Waals surface area contributed by atoms with Crippen LogP contribution in [0.1, 0.15) is 25.6 Å². The van der Waals surface area contributed by atoms with Gasteiger partial charge in [-0.05, 0) is 20.8 Å². The summed E-state index contributed by atoms with van der Waals surface area (Å²) in [5.74, 6) is 0.876.